The predicted octanol–water partition coefficient (Wildman–Crippen LogP) is 3.96. The lowest BCUT2D eigenvalue weighted by Crippen LogP contribution is -2.35. The fraction of sp³-hybridized carbons (Fsp3) is 0.381. The van der Waals surface area contributed by atoms with Gasteiger partial charge in [-0.05, 0) is 37.7 Å². The van der Waals surface area contributed by atoms with Crippen LogP contribution in [0.3, 0.4) is 0 Å². The predicted molar refractivity (Wildman–Crippen MR) is 122 cm³/mol. The number of rotatable bonds is 9. The first-order valence-corrected chi connectivity index (χ1v) is 11.7. The van der Waals surface area contributed by atoms with Crippen molar-refractivity contribution in [2.75, 3.05) is 27.2 Å². The van der Waals surface area contributed by atoms with Crippen LogP contribution in [0.5, 0.6) is 0 Å². The van der Waals surface area contributed by atoms with Gasteiger partial charge in [-0.2, -0.15) is 0 Å². The van der Waals surface area contributed by atoms with E-state index in [1.807, 2.05) is 63.2 Å². The van der Waals surface area contributed by atoms with E-state index in [4.69, 9.17) is 23.2 Å². The molecule has 1 amide bonds. The second-order valence-electron chi connectivity index (χ2n) is 7.61. The van der Waals surface area contributed by atoms with Crippen LogP contribution in [-0.4, -0.2) is 46.4 Å². The monoisotopic (exact) mass is 471 g/mol. The molecule has 0 heterocycles. The molecule has 2 aromatic rings. The van der Waals surface area contributed by atoms with E-state index in [9.17, 15) is 13.2 Å². The van der Waals surface area contributed by atoms with Crippen molar-refractivity contribution in [2.24, 2.45) is 5.92 Å². The highest BCUT2D eigenvalue weighted by Crippen LogP contribution is 2.29. The molecule has 0 saturated heterocycles. The number of sulfonamides is 1. The van der Waals surface area contributed by atoms with E-state index in [-0.39, 0.29) is 39.0 Å². The Kier molecular flexibility index (Phi) is 8.70. The van der Waals surface area contributed by atoms with Crippen molar-refractivity contribution in [3.8, 4) is 0 Å². The maximum Gasteiger partial charge on any atom is 0.252 e. The fourth-order valence-electron chi connectivity index (χ4n) is 2.82. The second kappa shape index (κ2) is 10.6. The summed E-state index contributed by atoms with van der Waals surface area (Å²) in [6.45, 7) is 4.35. The topological polar surface area (TPSA) is 78.5 Å². The van der Waals surface area contributed by atoms with Gasteiger partial charge in [-0.3, -0.25) is 4.79 Å². The minimum Gasteiger partial charge on any atom is -0.350 e. The third kappa shape index (κ3) is 6.43. The zero-order chi connectivity index (χ0) is 22.5. The standard InChI is InChI=1S/C21H27Cl2N3O3S/c1-14(2)12-25-30(28,29)20-10-16(17(22)11-18(20)23)21(27)24-13-19(26(3)4)15-8-6-5-7-9-15/h5-11,14,19,25H,12-13H2,1-4H3,(H,24,27). The third-order valence-corrected chi connectivity index (χ3v) is 6.70. The molecule has 0 fully saturated rings. The molecule has 0 radical (unpaired) electrons. The van der Waals surface area contributed by atoms with Crippen molar-refractivity contribution >= 4 is 39.1 Å². The first-order valence-electron chi connectivity index (χ1n) is 9.51. The molecule has 2 N–H and O–H groups in total. The minimum absolute atomic E-state index is 0.0386. The Morgan fingerprint density at radius 3 is 2.23 bits per heavy atom. The van der Waals surface area contributed by atoms with Gasteiger partial charge in [0.15, 0.2) is 0 Å². The smallest absolute Gasteiger partial charge is 0.252 e. The fourth-order valence-corrected chi connectivity index (χ4v) is 4.89. The number of benzene rings is 2. The largest absolute Gasteiger partial charge is 0.350 e. The van der Waals surface area contributed by atoms with Crippen molar-refractivity contribution in [1.82, 2.24) is 14.9 Å². The van der Waals surface area contributed by atoms with E-state index >= 15 is 0 Å². The summed E-state index contributed by atoms with van der Waals surface area (Å²) in [6.07, 6.45) is 0. The average Bonchev–Trinajstić information content (AvgIpc) is 2.67. The van der Waals surface area contributed by atoms with E-state index in [0.29, 0.717) is 6.54 Å². The number of halogens is 2. The molecule has 0 spiro atoms. The SMILES string of the molecule is CC(C)CNS(=O)(=O)c1cc(C(=O)NCC(c2ccccc2)N(C)C)c(Cl)cc1Cl. The quantitative estimate of drug-likeness (QED) is 0.579. The summed E-state index contributed by atoms with van der Waals surface area (Å²) in [4.78, 5) is 14.6. The number of hydrogen-bond acceptors (Lipinski definition) is 4. The van der Waals surface area contributed by atoms with Crippen LogP contribution in [-0.2, 0) is 10.0 Å². The van der Waals surface area contributed by atoms with Gasteiger partial charge in [0.1, 0.15) is 4.90 Å². The number of amides is 1. The first kappa shape index (κ1) is 24.6. The lowest BCUT2D eigenvalue weighted by Gasteiger charge is -2.25. The highest BCUT2D eigenvalue weighted by atomic mass is 35.5. The summed E-state index contributed by atoms with van der Waals surface area (Å²) in [5.74, 6) is -0.352. The van der Waals surface area contributed by atoms with Gasteiger partial charge in [0.05, 0.1) is 21.7 Å². The number of nitrogens with zero attached hydrogens (tertiary/aromatic N) is 1. The van der Waals surface area contributed by atoms with E-state index in [0.717, 1.165) is 5.56 Å². The summed E-state index contributed by atoms with van der Waals surface area (Å²) in [6, 6.07) is 12.2. The van der Waals surface area contributed by atoms with E-state index in [2.05, 4.69) is 10.0 Å². The summed E-state index contributed by atoms with van der Waals surface area (Å²) in [5, 5.41) is 2.89. The number of hydrogen-bond donors (Lipinski definition) is 2. The molecule has 9 heteroatoms. The highest BCUT2D eigenvalue weighted by molar-refractivity contribution is 7.89. The maximum atomic E-state index is 12.8. The Balaban J connectivity index is 2.25. The average molecular weight is 472 g/mol. The molecule has 1 unspecified atom stereocenters. The van der Waals surface area contributed by atoms with Crippen molar-refractivity contribution in [3.05, 3.63) is 63.6 Å². The summed E-state index contributed by atoms with van der Waals surface area (Å²) in [7, 11) is -0.0337. The molecule has 2 aromatic carbocycles. The zero-order valence-electron chi connectivity index (χ0n) is 17.4. The molecular weight excluding hydrogens is 445 g/mol. The van der Waals surface area contributed by atoms with E-state index < -0.39 is 15.9 Å². The van der Waals surface area contributed by atoms with Crippen molar-refractivity contribution in [1.29, 1.82) is 0 Å². The molecule has 2 rings (SSSR count). The molecule has 1 atom stereocenters. The molecule has 0 aliphatic rings. The number of carbonyl (C=O) groups excluding carboxylic acids is 1. The van der Waals surface area contributed by atoms with Crippen LogP contribution < -0.4 is 10.0 Å². The molecule has 0 bridgehead atoms. The van der Waals surface area contributed by atoms with Gasteiger partial charge in [-0.25, -0.2) is 13.1 Å². The maximum absolute atomic E-state index is 12.8. The molecular formula is C21H27Cl2N3O3S. The van der Waals surface area contributed by atoms with Gasteiger partial charge < -0.3 is 10.2 Å². The lowest BCUT2D eigenvalue weighted by molar-refractivity contribution is 0.0942. The van der Waals surface area contributed by atoms with Crippen LogP contribution in [0.15, 0.2) is 47.4 Å². The van der Waals surface area contributed by atoms with E-state index in [1.165, 1.54) is 12.1 Å². The molecule has 30 heavy (non-hydrogen) atoms. The Morgan fingerprint density at radius 1 is 1.03 bits per heavy atom. The van der Waals surface area contributed by atoms with Crippen LogP contribution >= 0.6 is 23.2 Å². The van der Waals surface area contributed by atoms with Crippen LogP contribution in [0.25, 0.3) is 0 Å². The molecule has 0 aliphatic heterocycles. The Bertz CT molecular complexity index is 980. The molecule has 164 valence electrons. The molecule has 6 nitrogen and oxygen atoms in total. The minimum atomic E-state index is -3.88. The highest BCUT2D eigenvalue weighted by Gasteiger charge is 2.23. The van der Waals surface area contributed by atoms with Gasteiger partial charge in [-0.1, -0.05) is 67.4 Å². The van der Waals surface area contributed by atoms with Crippen LogP contribution in [0.1, 0.15) is 35.8 Å². The summed E-state index contributed by atoms with van der Waals surface area (Å²) >= 11 is 12.3. The Morgan fingerprint density at radius 2 is 1.67 bits per heavy atom. The number of nitrogens with one attached hydrogen (secondary N) is 2. The van der Waals surface area contributed by atoms with Gasteiger partial charge in [-0.15, -0.1) is 0 Å². The van der Waals surface area contributed by atoms with Gasteiger partial charge in [0.2, 0.25) is 10.0 Å². The number of likely N-dealkylation sites (N-methyl/N-ethyl adjacent to an activating group) is 1. The Labute approximate surface area is 188 Å². The van der Waals surface area contributed by atoms with Gasteiger partial charge in [0.25, 0.3) is 5.91 Å². The summed E-state index contributed by atoms with van der Waals surface area (Å²) in [5.41, 5.74) is 1.10. The Hall–Kier alpha value is -1.64. The van der Waals surface area contributed by atoms with Crippen LogP contribution in [0.2, 0.25) is 10.0 Å². The second-order valence-corrected chi connectivity index (χ2v) is 10.2. The van der Waals surface area contributed by atoms with Crippen molar-refractivity contribution in [2.45, 2.75) is 24.8 Å². The zero-order valence-corrected chi connectivity index (χ0v) is 19.8. The first-order chi connectivity index (χ1) is 14.0. The lowest BCUT2D eigenvalue weighted by atomic mass is 10.1. The van der Waals surface area contributed by atoms with Gasteiger partial charge in [0, 0.05) is 13.1 Å². The van der Waals surface area contributed by atoms with Gasteiger partial charge >= 0.3 is 0 Å². The normalized spacial score (nSPS) is 12.9. The van der Waals surface area contributed by atoms with E-state index in [1.54, 1.807) is 0 Å². The third-order valence-electron chi connectivity index (χ3n) is 4.50. The summed E-state index contributed by atoms with van der Waals surface area (Å²) < 4.78 is 27.7. The molecule has 0 aromatic heterocycles. The van der Waals surface area contributed by atoms with Crippen LogP contribution in [0, 0.1) is 5.92 Å². The molecule has 0 saturated carbocycles. The van der Waals surface area contributed by atoms with Crippen molar-refractivity contribution in [3.63, 3.8) is 0 Å². The van der Waals surface area contributed by atoms with Crippen LogP contribution in [0.4, 0.5) is 0 Å². The number of carbonyl (C=O) groups is 1. The van der Waals surface area contributed by atoms with Crippen molar-refractivity contribution < 1.29 is 13.2 Å². The molecule has 0 aliphatic carbocycles.